The van der Waals surface area contributed by atoms with Crippen LogP contribution in [-0.2, 0) is 14.8 Å². The highest BCUT2D eigenvalue weighted by Crippen LogP contribution is 2.20. The summed E-state index contributed by atoms with van der Waals surface area (Å²) < 4.78 is 27.3. The van der Waals surface area contributed by atoms with Gasteiger partial charge in [0.25, 0.3) is 0 Å². The third kappa shape index (κ3) is 5.15. The van der Waals surface area contributed by atoms with Gasteiger partial charge in [-0.05, 0) is 31.2 Å². The molecule has 0 spiro atoms. The highest BCUT2D eigenvalue weighted by Gasteiger charge is 2.30. The zero-order chi connectivity index (χ0) is 16.3. The van der Waals surface area contributed by atoms with Gasteiger partial charge in [0.2, 0.25) is 15.9 Å². The van der Waals surface area contributed by atoms with Crippen molar-refractivity contribution in [3.05, 3.63) is 28.7 Å². The van der Waals surface area contributed by atoms with Crippen molar-refractivity contribution < 1.29 is 13.2 Å². The smallest absolute Gasteiger partial charge is 0.243 e. The predicted molar refractivity (Wildman–Crippen MR) is 95.0 cm³/mol. The van der Waals surface area contributed by atoms with Crippen molar-refractivity contribution in [1.82, 2.24) is 9.21 Å². The van der Waals surface area contributed by atoms with Crippen LogP contribution in [0.3, 0.4) is 0 Å². The van der Waals surface area contributed by atoms with Crippen molar-refractivity contribution in [1.29, 1.82) is 0 Å². The molecule has 1 saturated heterocycles. The number of carbonyl (C=O) groups excluding carboxylic acids is 1. The summed E-state index contributed by atoms with van der Waals surface area (Å²) in [5, 5.41) is 0. The molecule has 1 amide bonds. The average Bonchev–Trinajstić information content (AvgIpc) is 2.47. The quantitative estimate of drug-likeness (QED) is 0.789. The van der Waals surface area contributed by atoms with Crippen molar-refractivity contribution in [3.63, 3.8) is 0 Å². The lowest BCUT2D eigenvalue weighted by atomic mass is 10.2. The second-order valence-electron chi connectivity index (χ2n) is 5.42. The molecule has 1 atom stereocenters. The van der Waals surface area contributed by atoms with Crippen LogP contribution < -0.4 is 5.73 Å². The van der Waals surface area contributed by atoms with Crippen molar-refractivity contribution in [2.24, 2.45) is 5.73 Å². The Morgan fingerprint density at radius 2 is 1.74 bits per heavy atom. The number of sulfonamides is 1. The first-order chi connectivity index (χ1) is 10.3. The average molecular weight is 427 g/mol. The fourth-order valence-corrected chi connectivity index (χ4v) is 4.02. The van der Waals surface area contributed by atoms with E-state index in [-0.39, 0.29) is 29.3 Å². The molecule has 2 rings (SSSR count). The molecule has 0 radical (unpaired) electrons. The van der Waals surface area contributed by atoms with E-state index >= 15 is 0 Å². The maximum Gasteiger partial charge on any atom is 0.243 e. The molecule has 0 aliphatic carbocycles. The van der Waals surface area contributed by atoms with E-state index < -0.39 is 10.0 Å². The molecular formula is C14H21BrClN3O3S. The first-order valence-corrected chi connectivity index (χ1v) is 9.33. The van der Waals surface area contributed by atoms with Gasteiger partial charge < -0.3 is 10.6 Å². The number of hydrogen-bond acceptors (Lipinski definition) is 4. The largest absolute Gasteiger partial charge is 0.340 e. The van der Waals surface area contributed by atoms with E-state index in [1.54, 1.807) is 36.1 Å². The molecule has 6 nitrogen and oxygen atoms in total. The van der Waals surface area contributed by atoms with E-state index in [9.17, 15) is 13.2 Å². The van der Waals surface area contributed by atoms with Crippen molar-refractivity contribution in [2.75, 3.05) is 26.2 Å². The van der Waals surface area contributed by atoms with E-state index in [1.165, 1.54) is 4.31 Å². The molecule has 23 heavy (non-hydrogen) atoms. The number of piperazine rings is 1. The Morgan fingerprint density at radius 3 is 2.22 bits per heavy atom. The molecule has 1 aliphatic rings. The van der Waals surface area contributed by atoms with Gasteiger partial charge in [-0.1, -0.05) is 15.9 Å². The Kier molecular flexibility index (Phi) is 7.47. The summed E-state index contributed by atoms with van der Waals surface area (Å²) in [6.07, 6.45) is 0.291. The minimum Gasteiger partial charge on any atom is -0.340 e. The molecule has 130 valence electrons. The van der Waals surface area contributed by atoms with Crippen LogP contribution in [-0.4, -0.2) is 55.8 Å². The van der Waals surface area contributed by atoms with E-state index in [2.05, 4.69) is 15.9 Å². The number of nitrogens with two attached hydrogens (primary N) is 1. The lowest BCUT2D eigenvalue weighted by molar-refractivity contribution is -0.132. The summed E-state index contributed by atoms with van der Waals surface area (Å²) in [4.78, 5) is 13.9. The molecular weight excluding hydrogens is 406 g/mol. The Labute approximate surface area is 151 Å². The molecule has 0 bridgehead atoms. The monoisotopic (exact) mass is 425 g/mol. The van der Waals surface area contributed by atoms with Gasteiger partial charge >= 0.3 is 0 Å². The molecule has 2 N–H and O–H groups in total. The summed E-state index contributed by atoms with van der Waals surface area (Å²) in [5.41, 5.74) is 5.63. The summed E-state index contributed by atoms with van der Waals surface area (Å²) >= 11 is 3.29. The van der Waals surface area contributed by atoms with Gasteiger partial charge in [0.05, 0.1) is 4.90 Å². The van der Waals surface area contributed by atoms with Crippen LogP contribution in [0.1, 0.15) is 13.3 Å². The molecule has 0 aromatic heterocycles. The fourth-order valence-electron chi connectivity index (χ4n) is 2.34. The Hall–Kier alpha value is -0.670. The zero-order valence-electron chi connectivity index (χ0n) is 12.8. The second-order valence-corrected chi connectivity index (χ2v) is 8.27. The van der Waals surface area contributed by atoms with Crippen molar-refractivity contribution in [3.8, 4) is 0 Å². The maximum atomic E-state index is 12.5. The first-order valence-electron chi connectivity index (χ1n) is 7.10. The van der Waals surface area contributed by atoms with Crippen LogP contribution in [0.2, 0.25) is 0 Å². The van der Waals surface area contributed by atoms with Crippen LogP contribution in [0.5, 0.6) is 0 Å². The normalized spacial score (nSPS) is 17.4. The van der Waals surface area contributed by atoms with Gasteiger partial charge in [0.1, 0.15) is 0 Å². The lowest BCUT2D eigenvalue weighted by Gasteiger charge is -2.34. The summed E-state index contributed by atoms with van der Waals surface area (Å²) in [7, 11) is -3.50. The first kappa shape index (κ1) is 20.4. The van der Waals surface area contributed by atoms with Gasteiger partial charge in [-0.2, -0.15) is 4.31 Å². The van der Waals surface area contributed by atoms with Gasteiger partial charge in [-0.3, -0.25) is 4.79 Å². The number of amides is 1. The Balaban J connectivity index is 0.00000264. The van der Waals surface area contributed by atoms with Crippen LogP contribution in [0, 0.1) is 0 Å². The number of hydrogen-bond donors (Lipinski definition) is 1. The molecule has 1 heterocycles. The third-order valence-electron chi connectivity index (χ3n) is 3.54. The predicted octanol–water partition coefficient (Wildman–Crippen LogP) is 1.44. The van der Waals surface area contributed by atoms with Crippen molar-refractivity contribution >= 4 is 44.3 Å². The van der Waals surface area contributed by atoms with Crippen molar-refractivity contribution in [2.45, 2.75) is 24.3 Å². The van der Waals surface area contributed by atoms with Crippen LogP contribution in [0.25, 0.3) is 0 Å². The number of carbonyl (C=O) groups is 1. The Morgan fingerprint density at radius 1 is 1.22 bits per heavy atom. The summed E-state index contributed by atoms with van der Waals surface area (Å²) in [6.45, 7) is 3.21. The van der Waals surface area contributed by atoms with E-state index in [1.807, 2.05) is 0 Å². The van der Waals surface area contributed by atoms with Gasteiger partial charge in [0, 0.05) is 43.1 Å². The highest BCUT2D eigenvalue weighted by atomic mass is 79.9. The molecule has 9 heteroatoms. The highest BCUT2D eigenvalue weighted by molar-refractivity contribution is 9.10. The molecule has 0 saturated carbocycles. The second kappa shape index (κ2) is 8.43. The summed E-state index contributed by atoms with van der Waals surface area (Å²) in [6, 6.07) is 6.38. The number of halogens is 2. The van der Waals surface area contributed by atoms with Gasteiger partial charge in [0.15, 0.2) is 0 Å². The molecule has 1 unspecified atom stereocenters. The number of nitrogens with zero attached hydrogens (tertiary/aromatic N) is 2. The van der Waals surface area contributed by atoms with Crippen LogP contribution in [0.4, 0.5) is 0 Å². The molecule has 1 aromatic carbocycles. The fraction of sp³-hybridized carbons (Fsp3) is 0.500. The standard InChI is InChI=1S/C14H20BrN3O3S.ClH/c1-11(16)10-14(19)17-6-8-18(9-7-17)22(20,21)13-4-2-12(15)3-5-13;/h2-5,11H,6-10,16H2,1H3;1H. The lowest BCUT2D eigenvalue weighted by Crippen LogP contribution is -2.51. The van der Waals surface area contributed by atoms with Crippen LogP contribution in [0.15, 0.2) is 33.6 Å². The minimum atomic E-state index is -3.50. The van der Waals surface area contributed by atoms with Gasteiger partial charge in [-0.15, -0.1) is 12.4 Å². The SMILES string of the molecule is CC(N)CC(=O)N1CCN(S(=O)(=O)c2ccc(Br)cc2)CC1.Cl. The molecule has 1 fully saturated rings. The van der Waals surface area contributed by atoms with E-state index in [0.29, 0.717) is 32.6 Å². The number of benzene rings is 1. The molecule has 1 aromatic rings. The van der Waals surface area contributed by atoms with E-state index in [4.69, 9.17) is 5.73 Å². The maximum absolute atomic E-state index is 12.5. The van der Waals surface area contributed by atoms with Crippen LogP contribution >= 0.6 is 28.3 Å². The Bertz CT molecular complexity index is 629. The summed E-state index contributed by atoms with van der Waals surface area (Å²) in [5.74, 6) is -0.0179. The molecule has 1 aliphatic heterocycles. The minimum absolute atomic E-state index is 0. The van der Waals surface area contributed by atoms with E-state index in [0.717, 1.165) is 4.47 Å². The number of rotatable bonds is 4. The van der Waals surface area contributed by atoms with Gasteiger partial charge in [-0.25, -0.2) is 8.42 Å². The topological polar surface area (TPSA) is 83.7 Å². The third-order valence-corrected chi connectivity index (χ3v) is 5.98. The zero-order valence-corrected chi connectivity index (χ0v) is 16.0.